The predicted octanol–water partition coefficient (Wildman–Crippen LogP) is -5.63. The lowest BCUT2D eigenvalue weighted by atomic mass is 10.00. The zero-order chi connectivity index (χ0) is 21.4. The SMILES string of the molecule is Cl.Cl.OC[C@@H](O)[C@@H](O)[C@H](O)[C@@H](O)CN(C[C@H](O)[C@@H](O)[C@H](O)[C@H](O)CO)[C@@H]1CCNC1. The molecule has 12 nitrogen and oxygen atoms in total. The lowest BCUT2D eigenvalue weighted by Gasteiger charge is -2.36. The van der Waals surface area contributed by atoms with E-state index in [2.05, 4.69) is 5.32 Å². The van der Waals surface area contributed by atoms with Crippen LogP contribution in [0, 0.1) is 0 Å². The Morgan fingerprint density at radius 3 is 1.33 bits per heavy atom. The highest BCUT2D eigenvalue weighted by Crippen LogP contribution is 2.15. The summed E-state index contributed by atoms with van der Waals surface area (Å²) >= 11 is 0. The average Bonchev–Trinajstić information content (AvgIpc) is 3.24. The van der Waals surface area contributed by atoms with Gasteiger partial charge >= 0.3 is 0 Å². The molecule has 1 fully saturated rings. The normalized spacial score (nSPS) is 24.7. The summed E-state index contributed by atoms with van der Waals surface area (Å²) in [4.78, 5) is 1.54. The summed E-state index contributed by atoms with van der Waals surface area (Å²) in [7, 11) is 0. The summed E-state index contributed by atoms with van der Waals surface area (Å²) < 4.78 is 0. The molecule has 14 heteroatoms. The van der Waals surface area contributed by atoms with Gasteiger partial charge in [-0.3, -0.25) is 4.90 Å². The maximum Gasteiger partial charge on any atom is 0.111 e. The molecule has 30 heavy (non-hydrogen) atoms. The Morgan fingerprint density at radius 1 is 0.667 bits per heavy atom. The van der Waals surface area contributed by atoms with Gasteiger partial charge in [0.05, 0.1) is 25.4 Å². The van der Waals surface area contributed by atoms with Crippen LogP contribution in [0.1, 0.15) is 6.42 Å². The molecule has 0 aromatic carbocycles. The molecule has 1 heterocycles. The van der Waals surface area contributed by atoms with E-state index in [9.17, 15) is 40.9 Å². The third-order valence-electron chi connectivity index (χ3n) is 5.04. The van der Waals surface area contributed by atoms with Crippen LogP contribution < -0.4 is 5.32 Å². The smallest absolute Gasteiger partial charge is 0.111 e. The summed E-state index contributed by atoms with van der Waals surface area (Å²) in [5.41, 5.74) is 0. The van der Waals surface area contributed by atoms with E-state index in [-0.39, 0.29) is 43.9 Å². The van der Waals surface area contributed by atoms with E-state index < -0.39 is 62.0 Å². The monoisotopic (exact) mass is 486 g/mol. The fraction of sp³-hybridized carbons (Fsp3) is 1.00. The lowest BCUT2D eigenvalue weighted by molar-refractivity contribution is -0.132. The van der Waals surface area contributed by atoms with Crippen molar-refractivity contribution in [2.24, 2.45) is 0 Å². The van der Waals surface area contributed by atoms with Gasteiger partial charge in [0.25, 0.3) is 0 Å². The quantitative estimate of drug-likeness (QED) is 0.117. The average molecular weight is 487 g/mol. The molecule has 0 aromatic heterocycles. The Bertz CT molecular complexity index is 409. The Balaban J connectivity index is 0. The van der Waals surface area contributed by atoms with Gasteiger partial charge in [-0.25, -0.2) is 0 Å². The Labute approximate surface area is 187 Å². The number of hydrogen-bond donors (Lipinski definition) is 11. The third kappa shape index (κ3) is 9.30. The van der Waals surface area contributed by atoms with E-state index in [1.54, 1.807) is 0 Å². The van der Waals surface area contributed by atoms with Crippen molar-refractivity contribution >= 4 is 24.8 Å². The second-order valence-corrected chi connectivity index (χ2v) is 7.20. The zero-order valence-corrected chi connectivity index (χ0v) is 18.0. The number of hydrogen-bond acceptors (Lipinski definition) is 12. The summed E-state index contributed by atoms with van der Waals surface area (Å²) in [6.45, 7) is -0.948. The molecule has 0 unspecified atom stereocenters. The second-order valence-electron chi connectivity index (χ2n) is 7.20. The maximum absolute atomic E-state index is 10.2. The highest BCUT2D eigenvalue weighted by Gasteiger charge is 2.36. The van der Waals surface area contributed by atoms with E-state index in [1.165, 1.54) is 4.90 Å². The number of aliphatic hydroxyl groups is 10. The Hall–Kier alpha value is 0.100. The minimum absolute atomic E-state index is 0. The molecule has 1 aliphatic heterocycles. The summed E-state index contributed by atoms with van der Waals surface area (Å²) in [5, 5.41) is 99.5. The minimum Gasteiger partial charge on any atom is -0.394 e. The van der Waals surface area contributed by atoms with Crippen molar-refractivity contribution in [1.29, 1.82) is 0 Å². The zero-order valence-electron chi connectivity index (χ0n) is 16.4. The van der Waals surface area contributed by atoms with E-state index in [1.807, 2.05) is 0 Å². The van der Waals surface area contributed by atoms with Gasteiger partial charge in [0.1, 0.15) is 36.6 Å². The molecule has 0 aliphatic carbocycles. The van der Waals surface area contributed by atoms with Crippen molar-refractivity contribution in [2.75, 3.05) is 39.4 Å². The second kappa shape index (κ2) is 15.8. The molecule has 1 saturated heterocycles. The fourth-order valence-electron chi connectivity index (χ4n) is 3.15. The highest BCUT2D eigenvalue weighted by molar-refractivity contribution is 5.85. The van der Waals surface area contributed by atoms with Gasteiger partial charge in [0.15, 0.2) is 0 Å². The molecule has 1 rings (SSSR count). The van der Waals surface area contributed by atoms with Gasteiger partial charge in [0.2, 0.25) is 0 Å². The van der Waals surface area contributed by atoms with Gasteiger partial charge < -0.3 is 56.4 Å². The van der Waals surface area contributed by atoms with Crippen molar-refractivity contribution in [3.63, 3.8) is 0 Å². The first-order valence-corrected chi connectivity index (χ1v) is 9.25. The standard InChI is InChI=1S/C16H34N2O10.2ClH/c19-6-11(23)15(27)13(25)9(21)4-18(8-1-2-17-3-8)5-10(22)14(26)16(28)12(24)7-20;;/h8-17,19-28H,1-7H2;2*1H/t8-,9+,10+,11-,12-,13-,14-,15-,16-;;/m1../s1. The van der Waals surface area contributed by atoms with Crippen molar-refractivity contribution in [1.82, 2.24) is 10.2 Å². The van der Waals surface area contributed by atoms with Crippen LogP contribution in [-0.2, 0) is 0 Å². The molecule has 11 N–H and O–H groups in total. The van der Waals surface area contributed by atoms with Gasteiger partial charge in [0, 0.05) is 25.7 Å². The minimum atomic E-state index is -1.79. The highest BCUT2D eigenvalue weighted by atomic mass is 35.5. The fourth-order valence-corrected chi connectivity index (χ4v) is 3.15. The van der Waals surface area contributed by atoms with E-state index in [0.29, 0.717) is 19.5 Å². The largest absolute Gasteiger partial charge is 0.394 e. The van der Waals surface area contributed by atoms with Gasteiger partial charge in [-0.05, 0) is 13.0 Å². The summed E-state index contributed by atoms with van der Waals surface area (Å²) in [6, 6.07) is -0.191. The topological polar surface area (TPSA) is 218 Å². The number of aliphatic hydroxyl groups excluding tert-OH is 10. The van der Waals surface area contributed by atoms with Gasteiger partial charge in [-0.15, -0.1) is 24.8 Å². The van der Waals surface area contributed by atoms with E-state index >= 15 is 0 Å². The first-order chi connectivity index (χ1) is 13.1. The number of rotatable bonds is 13. The van der Waals surface area contributed by atoms with Crippen molar-refractivity contribution in [3.05, 3.63) is 0 Å². The molecule has 0 bridgehead atoms. The Kier molecular flexibility index (Phi) is 17.0. The molecule has 0 saturated carbocycles. The van der Waals surface area contributed by atoms with Crippen LogP contribution in [0.5, 0.6) is 0 Å². The van der Waals surface area contributed by atoms with Crippen molar-refractivity contribution < 1.29 is 51.1 Å². The van der Waals surface area contributed by atoms with Crippen LogP contribution in [0.25, 0.3) is 0 Å². The van der Waals surface area contributed by atoms with Crippen molar-refractivity contribution in [2.45, 2.75) is 61.3 Å². The van der Waals surface area contributed by atoms with Crippen LogP contribution in [0.15, 0.2) is 0 Å². The van der Waals surface area contributed by atoms with Crippen LogP contribution in [0.4, 0.5) is 0 Å². The van der Waals surface area contributed by atoms with Crippen LogP contribution >= 0.6 is 24.8 Å². The molecular formula is C16H36Cl2N2O10. The molecule has 0 radical (unpaired) electrons. The van der Waals surface area contributed by atoms with E-state index in [0.717, 1.165) is 0 Å². The molecule has 1 aliphatic rings. The predicted molar refractivity (Wildman–Crippen MR) is 110 cm³/mol. The molecule has 0 spiro atoms. The number of nitrogens with zero attached hydrogens (tertiary/aromatic N) is 1. The summed E-state index contributed by atoms with van der Waals surface area (Å²) in [5.74, 6) is 0. The Morgan fingerprint density at radius 2 is 1.03 bits per heavy atom. The summed E-state index contributed by atoms with van der Waals surface area (Å²) in [6.07, 6.45) is -12.9. The third-order valence-corrected chi connectivity index (χ3v) is 5.04. The van der Waals surface area contributed by atoms with E-state index in [4.69, 9.17) is 10.2 Å². The molecular weight excluding hydrogens is 451 g/mol. The van der Waals surface area contributed by atoms with Crippen LogP contribution in [0.2, 0.25) is 0 Å². The maximum atomic E-state index is 10.2. The lowest BCUT2D eigenvalue weighted by Crippen LogP contribution is -2.55. The van der Waals surface area contributed by atoms with Crippen LogP contribution in [0.3, 0.4) is 0 Å². The first kappa shape index (κ1) is 32.3. The molecule has 0 amide bonds. The first-order valence-electron chi connectivity index (χ1n) is 9.25. The van der Waals surface area contributed by atoms with Crippen molar-refractivity contribution in [3.8, 4) is 0 Å². The molecule has 184 valence electrons. The van der Waals surface area contributed by atoms with Crippen LogP contribution in [-0.4, -0.2) is 150 Å². The number of nitrogens with one attached hydrogen (secondary N) is 1. The molecule has 9 atom stereocenters. The molecule has 0 aromatic rings. The van der Waals surface area contributed by atoms with Gasteiger partial charge in [-0.1, -0.05) is 0 Å². The number of halogens is 2. The van der Waals surface area contributed by atoms with Gasteiger partial charge in [-0.2, -0.15) is 0 Å².